The molecule has 2 heteroatoms. The van der Waals surface area contributed by atoms with E-state index in [0.29, 0.717) is 6.61 Å². The topological polar surface area (TPSA) is 29.5 Å². The zero-order valence-electron chi connectivity index (χ0n) is 7.25. The summed E-state index contributed by atoms with van der Waals surface area (Å²) in [5, 5.41) is 8.87. The highest BCUT2D eigenvalue weighted by Gasteiger charge is 1.95. The van der Waals surface area contributed by atoms with E-state index in [1.54, 1.807) is 0 Å². The fourth-order valence-electron chi connectivity index (χ4n) is 0.801. The van der Waals surface area contributed by atoms with Crippen LogP contribution in [0.1, 0.15) is 32.6 Å². The molecule has 1 unspecified atom stereocenters. The van der Waals surface area contributed by atoms with Crippen molar-refractivity contribution in [3.8, 4) is 0 Å². The summed E-state index contributed by atoms with van der Waals surface area (Å²) in [4.78, 5) is 0. The molecule has 66 valence electrons. The van der Waals surface area contributed by atoms with Gasteiger partial charge in [-0.15, -0.1) is 0 Å². The number of aliphatic hydroxyl groups is 1. The van der Waals surface area contributed by atoms with Gasteiger partial charge in [0.05, 0.1) is 6.61 Å². The van der Waals surface area contributed by atoms with Gasteiger partial charge in [-0.1, -0.05) is 32.8 Å². The molecule has 0 spiro atoms. The minimum absolute atomic E-state index is 0.632. The van der Waals surface area contributed by atoms with Crippen molar-refractivity contribution >= 4 is 0 Å². The largest absolute Gasteiger partial charge is 0.365 e. The Bertz CT molecular complexity index is 91.6. The zero-order chi connectivity index (χ0) is 8.53. The minimum Gasteiger partial charge on any atom is -0.365 e. The molecule has 0 aliphatic heterocycles. The van der Waals surface area contributed by atoms with Gasteiger partial charge < -0.3 is 9.84 Å². The number of hydrogen-bond acceptors (Lipinski definition) is 2. The van der Waals surface area contributed by atoms with E-state index >= 15 is 0 Å². The van der Waals surface area contributed by atoms with Crippen LogP contribution in [0.25, 0.3) is 0 Å². The summed E-state index contributed by atoms with van der Waals surface area (Å²) < 4.78 is 4.98. The first-order valence-electron chi connectivity index (χ1n) is 4.23. The second-order valence-electron chi connectivity index (χ2n) is 2.56. The molecule has 0 radical (unpaired) electrons. The molecule has 1 N–H and O–H groups in total. The number of ether oxygens (including phenoxy) is 1. The maximum Gasteiger partial charge on any atom is 0.173 e. The molecule has 0 aliphatic carbocycles. The van der Waals surface area contributed by atoms with Crippen LogP contribution in [0.2, 0.25) is 0 Å². The Morgan fingerprint density at radius 1 is 1.45 bits per heavy atom. The van der Waals surface area contributed by atoms with Crippen molar-refractivity contribution < 1.29 is 9.84 Å². The molecule has 0 aromatic carbocycles. The molecule has 0 aliphatic rings. The second-order valence-corrected chi connectivity index (χ2v) is 2.56. The Morgan fingerprint density at radius 2 is 2.18 bits per heavy atom. The summed E-state index contributed by atoms with van der Waals surface area (Å²) in [7, 11) is 0. The molecule has 0 amide bonds. The van der Waals surface area contributed by atoms with Crippen LogP contribution in [-0.4, -0.2) is 18.0 Å². The van der Waals surface area contributed by atoms with Gasteiger partial charge in [-0.05, 0) is 12.5 Å². The summed E-state index contributed by atoms with van der Waals surface area (Å²) in [6, 6.07) is 0. The van der Waals surface area contributed by atoms with Crippen molar-refractivity contribution in [1.82, 2.24) is 0 Å². The van der Waals surface area contributed by atoms with Crippen LogP contribution in [0.3, 0.4) is 0 Å². The minimum atomic E-state index is -0.781. The molecule has 1 atom stereocenters. The first-order chi connectivity index (χ1) is 5.31. The van der Waals surface area contributed by atoms with Gasteiger partial charge in [0.1, 0.15) is 0 Å². The monoisotopic (exact) mass is 158 g/mol. The standard InChI is InChI=1S/C9H18O2/c1-3-5-6-7-8-11-9(10)4-2/h4,9-10H,2-3,5-8H2,1H3. The van der Waals surface area contributed by atoms with E-state index < -0.39 is 6.29 Å². The van der Waals surface area contributed by atoms with Gasteiger partial charge in [0.15, 0.2) is 6.29 Å². The second kappa shape index (κ2) is 7.76. The highest BCUT2D eigenvalue weighted by molar-refractivity contribution is 4.69. The summed E-state index contributed by atoms with van der Waals surface area (Å²) in [6.45, 7) is 6.20. The molecule has 0 fully saturated rings. The van der Waals surface area contributed by atoms with Crippen LogP contribution < -0.4 is 0 Å². The molecule has 0 saturated heterocycles. The van der Waals surface area contributed by atoms with Crippen molar-refractivity contribution in [2.24, 2.45) is 0 Å². The van der Waals surface area contributed by atoms with Crippen LogP contribution in [0.4, 0.5) is 0 Å². The van der Waals surface area contributed by atoms with Crippen molar-refractivity contribution in [2.45, 2.75) is 38.9 Å². The lowest BCUT2D eigenvalue weighted by molar-refractivity contribution is -0.0648. The Morgan fingerprint density at radius 3 is 2.73 bits per heavy atom. The molecule has 0 aromatic rings. The van der Waals surface area contributed by atoms with Gasteiger partial charge >= 0.3 is 0 Å². The van der Waals surface area contributed by atoms with E-state index in [1.165, 1.54) is 25.3 Å². The molecule has 2 nitrogen and oxygen atoms in total. The molecular formula is C9H18O2. The van der Waals surface area contributed by atoms with Gasteiger partial charge in [0.2, 0.25) is 0 Å². The maximum absolute atomic E-state index is 8.87. The Labute approximate surface area is 68.9 Å². The van der Waals surface area contributed by atoms with Crippen LogP contribution in [0.5, 0.6) is 0 Å². The predicted octanol–water partition coefficient (Wildman–Crippen LogP) is 2.09. The van der Waals surface area contributed by atoms with Crippen LogP contribution in [-0.2, 0) is 4.74 Å². The van der Waals surface area contributed by atoms with Gasteiger partial charge in [-0.3, -0.25) is 0 Å². The summed E-state index contributed by atoms with van der Waals surface area (Å²) in [5.74, 6) is 0. The maximum atomic E-state index is 8.87. The summed E-state index contributed by atoms with van der Waals surface area (Å²) >= 11 is 0. The van der Waals surface area contributed by atoms with Crippen LogP contribution in [0.15, 0.2) is 12.7 Å². The van der Waals surface area contributed by atoms with Crippen molar-refractivity contribution in [2.75, 3.05) is 6.61 Å². The van der Waals surface area contributed by atoms with Crippen molar-refractivity contribution in [1.29, 1.82) is 0 Å². The van der Waals surface area contributed by atoms with Crippen LogP contribution in [0, 0.1) is 0 Å². The normalized spacial score (nSPS) is 12.9. The van der Waals surface area contributed by atoms with Crippen molar-refractivity contribution in [3.63, 3.8) is 0 Å². The lowest BCUT2D eigenvalue weighted by atomic mass is 10.2. The smallest absolute Gasteiger partial charge is 0.173 e. The van der Waals surface area contributed by atoms with E-state index in [-0.39, 0.29) is 0 Å². The predicted molar refractivity (Wildman–Crippen MR) is 46.3 cm³/mol. The van der Waals surface area contributed by atoms with E-state index in [2.05, 4.69) is 13.5 Å². The van der Waals surface area contributed by atoms with Gasteiger partial charge in [-0.25, -0.2) is 0 Å². The third-order valence-corrected chi connectivity index (χ3v) is 1.49. The Balaban J connectivity index is 2.95. The van der Waals surface area contributed by atoms with Crippen LogP contribution >= 0.6 is 0 Å². The summed E-state index contributed by atoms with van der Waals surface area (Å²) in [5.41, 5.74) is 0. The van der Waals surface area contributed by atoms with E-state index in [1.807, 2.05) is 0 Å². The molecule has 0 bridgehead atoms. The summed E-state index contributed by atoms with van der Waals surface area (Å²) in [6.07, 6.45) is 5.29. The van der Waals surface area contributed by atoms with Gasteiger partial charge in [0, 0.05) is 0 Å². The molecule has 0 aromatic heterocycles. The molecular weight excluding hydrogens is 140 g/mol. The highest BCUT2D eigenvalue weighted by atomic mass is 16.6. The lowest BCUT2D eigenvalue weighted by Crippen LogP contribution is -2.08. The Kier molecular flexibility index (Phi) is 7.52. The first-order valence-corrected chi connectivity index (χ1v) is 4.23. The highest BCUT2D eigenvalue weighted by Crippen LogP contribution is 1.99. The third kappa shape index (κ3) is 7.56. The van der Waals surface area contributed by atoms with E-state index in [9.17, 15) is 0 Å². The molecule has 0 saturated carbocycles. The third-order valence-electron chi connectivity index (χ3n) is 1.49. The SMILES string of the molecule is C=CC(O)OCCCCCC. The van der Waals surface area contributed by atoms with Crippen molar-refractivity contribution in [3.05, 3.63) is 12.7 Å². The average Bonchev–Trinajstić information content (AvgIpc) is 2.04. The van der Waals surface area contributed by atoms with E-state index in [4.69, 9.17) is 9.84 Å². The van der Waals surface area contributed by atoms with E-state index in [0.717, 1.165) is 6.42 Å². The fourth-order valence-corrected chi connectivity index (χ4v) is 0.801. The molecule has 11 heavy (non-hydrogen) atoms. The number of rotatable bonds is 7. The zero-order valence-corrected chi connectivity index (χ0v) is 7.25. The molecule has 0 heterocycles. The van der Waals surface area contributed by atoms with Gasteiger partial charge in [-0.2, -0.15) is 0 Å². The molecule has 0 rings (SSSR count). The first kappa shape index (κ1) is 10.7. The Hall–Kier alpha value is -0.340. The lowest BCUT2D eigenvalue weighted by Gasteiger charge is -2.05. The number of unbranched alkanes of at least 4 members (excludes halogenated alkanes) is 3. The number of aliphatic hydroxyl groups excluding tert-OH is 1. The number of hydrogen-bond donors (Lipinski definition) is 1. The quantitative estimate of drug-likeness (QED) is 0.349. The average molecular weight is 158 g/mol. The fraction of sp³-hybridized carbons (Fsp3) is 0.778. The van der Waals surface area contributed by atoms with Gasteiger partial charge in [0.25, 0.3) is 0 Å².